The molecule has 0 aromatic heterocycles. The van der Waals surface area contributed by atoms with E-state index in [9.17, 15) is 4.79 Å². The molecule has 0 aliphatic rings. The van der Waals surface area contributed by atoms with Crippen LogP contribution in [0.3, 0.4) is 0 Å². The molecule has 0 radical (unpaired) electrons. The van der Waals surface area contributed by atoms with Crippen LogP contribution < -0.4 is 10.5 Å². The lowest BCUT2D eigenvalue weighted by atomic mass is 10.1. The number of methoxy groups -OCH3 is 1. The van der Waals surface area contributed by atoms with E-state index >= 15 is 0 Å². The molecule has 2 N–H and O–H groups in total. The van der Waals surface area contributed by atoms with Crippen LogP contribution in [0, 0.1) is 0 Å². The summed E-state index contributed by atoms with van der Waals surface area (Å²) in [6.45, 7) is 1.73. The summed E-state index contributed by atoms with van der Waals surface area (Å²) >= 11 is 0. The minimum Gasteiger partial charge on any atom is -0.497 e. The van der Waals surface area contributed by atoms with E-state index < -0.39 is 0 Å². The highest BCUT2D eigenvalue weighted by Crippen LogP contribution is 2.14. The number of nitrogens with two attached hydrogens (primary N) is 1. The molecule has 0 aliphatic heterocycles. The van der Waals surface area contributed by atoms with E-state index in [1.807, 2.05) is 47.4 Å². The van der Waals surface area contributed by atoms with Crippen LogP contribution in [0.5, 0.6) is 5.75 Å². The van der Waals surface area contributed by atoms with E-state index in [0.29, 0.717) is 26.1 Å². The predicted molar refractivity (Wildman–Crippen MR) is 92.5 cm³/mol. The van der Waals surface area contributed by atoms with Gasteiger partial charge in [0.25, 0.3) is 0 Å². The first-order valence-corrected chi connectivity index (χ1v) is 7.87. The summed E-state index contributed by atoms with van der Waals surface area (Å²) in [6, 6.07) is 17.8. The molecule has 0 unspecified atom stereocenters. The maximum atomic E-state index is 12.6. The van der Waals surface area contributed by atoms with Crippen molar-refractivity contribution in [2.45, 2.75) is 12.8 Å². The molecule has 2 aromatic rings. The van der Waals surface area contributed by atoms with Crippen molar-refractivity contribution in [3.63, 3.8) is 0 Å². The van der Waals surface area contributed by atoms with E-state index in [-0.39, 0.29) is 5.91 Å². The highest BCUT2D eigenvalue weighted by atomic mass is 16.5. The number of amides is 1. The first-order chi connectivity index (χ1) is 11.2. The number of hydrogen-bond donors (Lipinski definition) is 1. The van der Waals surface area contributed by atoms with Crippen LogP contribution in [-0.2, 0) is 17.6 Å². The molecule has 0 bridgehead atoms. The fourth-order valence-electron chi connectivity index (χ4n) is 2.49. The number of ether oxygens (including phenoxy) is 1. The Labute approximate surface area is 137 Å². The first-order valence-electron chi connectivity index (χ1n) is 7.87. The Balaban J connectivity index is 1.97. The van der Waals surface area contributed by atoms with Crippen LogP contribution in [-0.4, -0.2) is 37.6 Å². The van der Waals surface area contributed by atoms with Crippen molar-refractivity contribution in [2.24, 2.45) is 5.73 Å². The molecule has 2 aromatic carbocycles. The molecule has 0 heterocycles. The van der Waals surface area contributed by atoms with Crippen LogP contribution in [0.2, 0.25) is 0 Å². The molecule has 1 amide bonds. The third-order valence-corrected chi connectivity index (χ3v) is 3.75. The van der Waals surface area contributed by atoms with Gasteiger partial charge in [0.05, 0.1) is 13.5 Å². The molecule has 4 heteroatoms. The van der Waals surface area contributed by atoms with Gasteiger partial charge in [0.2, 0.25) is 5.91 Å². The average Bonchev–Trinajstić information content (AvgIpc) is 2.59. The number of rotatable bonds is 8. The minimum atomic E-state index is 0.0969. The van der Waals surface area contributed by atoms with Gasteiger partial charge >= 0.3 is 0 Å². The topological polar surface area (TPSA) is 55.6 Å². The molecule has 2 rings (SSSR count). The van der Waals surface area contributed by atoms with Gasteiger partial charge in [-0.05, 0) is 29.7 Å². The molecule has 0 spiro atoms. The van der Waals surface area contributed by atoms with E-state index in [1.54, 1.807) is 7.11 Å². The number of carbonyl (C=O) groups excluding carboxylic acids is 1. The molecule has 4 nitrogen and oxygen atoms in total. The van der Waals surface area contributed by atoms with Gasteiger partial charge in [-0.2, -0.15) is 0 Å². The Morgan fingerprint density at radius 3 is 2.48 bits per heavy atom. The van der Waals surface area contributed by atoms with E-state index in [4.69, 9.17) is 10.5 Å². The van der Waals surface area contributed by atoms with Gasteiger partial charge in [-0.25, -0.2) is 0 Å². The lowest BCUT2D eigenvalue weighted by Crippen LogP contribution is -2.37. The molecule has 0 aliphatic carbocycles. The van der Waals surface area contributed by atoms with Crippen molar-refractivity contribution in [3.05, 3.63) is 65.7 Å². The lowest BCUT2D eigenvalue weighted by molar-refractivity contribution is -0.130. The summed E-state index contributed by atoms with van der Waals surface area (Å²) < 4.78 is 5.20. The summed E-state index contributed by atoms with van der Waals surface area (Å²) in [5, 5.41) is 0. The Hall–Kier alpha value is -2.33. The van der Waals surface area contributed by atoms with Crippen molar-refractivity contribution >= 4 is 5.91 Å². The van der Waals surface area contributed by atoms with Gasteiger partial charge in [0.15, 0.2) is 0 Å². The van der Waals surface area contributed by atoms with Gasteiger partial charge < -0.3 is 15.4 Å². The maximum Gasteiger partial charge on any atom is 0.227 e. The summed E-state index contributed by atoms with van der Waals surface area (Å²) in [7, 11) is 1.63. The second-order valence-corrected chi connectivity index (χ2v) is 5.43. The summed E-state index contributed by atoms with van der Waals surface area (Å²) in [4.78, 5) is 14.4. The molecule has 0 saturated carbocycles. The summed E-state index contributed by atoms with van der Waals surface area (Å²) in [5.41, 5.74) is 7.84. The van der Waals surface area contributed by atoms with Gasteiger partial charge in [0, 0.05) is 19.6 Å². The summed E-state index contributed by atoms with van der Waals surface area (Å²) in [5.74, 6) is 0.865. The molecule has 0 fully saturated rings. The van der Waals surface area contributed by atoms with Gasteiger partial charge in [-0.15, -0.1) is 0 Å². The zero-order chi connectivity index (χ0) is 16.5. The molecule has 122 valence electrons. The van der Waals surface area contributed by atoms with Crippen LogP contribution in [0.15, 0.2) is 54.6 Å². The molecule has 23 heavy (non-hydrogen) atoms. The minimum absolute atomic E-state index is 0.0969. The van der Waals surface area contributed by atoms with Crippen LogP contribution in [0.4, 0.5) is 0 Å². The first kappa shape index (κ1) is 17.0. The maximum absolute atomic E-state index is 12.6. The highest BCUT2D eigenvalue weighted by molar-refractivity contribution is 5.79. The van der Waals surface area contributed by atoms with Gasteiger partial charge in [-0.1, -0.05) is 42.5 Å². The van der Waals surface area contributed by atoms with Crippen molar-refractivity contribution in [2.75, 3.05) is 26.7 Å². The molecular formula is C19H24N2O2. The highest BCUT2D eigenvalue weighted by Gasteiger charge is 2.13. The zero-order valence-corrected chi connectivity index (χ0v) is 13.6. The van der Waals surface area contributed by atoms with Crippen molar-refractivity contribution in [3.8, 4) is 5.75 Å². The predicted octanol–water partition coefficient (Wildman–Crippen LogP) is 2.27. The van der Waals surface area contributed by atoms with Crippen LogP contribution >= 0.6 is 0 Å². The van der Waals surface area contributed by atoms with Crippen molar-refractivity contribution in [1.29, 1.82) is 0 Å². The molecular weight excluding hydrogens is 288 g/mol. The van der Waals surface area contributed by atoms with E-state index in [0.717, 1.165) is 17.7 Å². The zero-order valence-electron chi connectivity index (χ0n) is 13.6. The Morgan fingerprint density at radius 1 is 1.04 bits per heavy atom. The quantitative estimate of drug-likeness (QED) is 0.813. The Morgan fingerprint density at radius 2 is 1.78 bits per heavy atom. The SMILES string of the molecule is COc1cccc(CC(=O)N(CCN)CCc2ccccc2)c1. The summed E-state index contributed by atoms with van der Waals surface area (Å²) in [6.07, 6.45) is 1.21. The Bertz CT molecular complexity index is 614. The third kappa shape index (κ3) is 5.42. The number of benzene rings is 2. The van der Waals surface area contributed by atoms with Gasteiger partial charge in [-0.3, -0.25) is 4.79 Å². The van der Waals surface area contributed by atoms with Gasteiger partial charge in [0.1, 0.15) is 5.75 Å². The Kier molecular flexibility index (Phi) is 6.63. The number of hydrogen-bond acceptors (Lipinski definition) is 3. The van der Waals surface area contributed by atoms with Crippen molar-refractivity contribution < 1.29 is 9.53 Å². The lowest BCUT2D eigenvalue weighted by Gasteiger charge is -2.22. The monoisotopic (exact) mass is 312 g/mol. The fourth-order valence-corrected chi connectivity index (χ4v) is 2.49. The second-order valence-electron chi connectivity index (χ2n) is 5.43. The largest absolute Gasteiger partial charge is 0.497 e. The average molecular weight is 312 g/mol. The van der Waals surface area contributed by atoms with E-state index in [2.05, 4.69) is 12.1 Å². The second kappa shape index (κ2) is 8.96. The fraction of sp³-hybridized carbons (Fsp3) is 0.316. The van der Waals surface area contributed by atoms with Crippen molar-refractivity contribution in [1.82, 2.24) is 4.90 Å². The standard InChI is InChI=1S/C19H24N2O2/c1-23-18-9-5-8-17(14-18)15-19(22)21(13-11-20)12-10-16-6-3-2-4-7-16/h2-9,14H,10-13,15,20H2,1H3. The number of carbonyl (C=O) groups is 1. The normalized spacial score (nSPS) is 10.3. The third-order valence-electron chi connectivity index (χ3n) is 3.75. The number of nitrogens with zero attached hydrogens (tertiary/aromatic N) is 1. The molecule has 0 atom stereocenters. The van der Waals surface area contributed by atoms with Crippen LogP contribution in [0.25, 0.3) is 0 Å². The van der Waals surface area contributed by atoms with E-state index in [1.165, 1.54) is 5.56 Å². The smallest absolute Gasteiger partial charge is 0.227 e. The van der Waals surface area contributed by atoms with Crippen LogP contribution in [0.1, 0.15) is 11.1 Å². The molecule has 0 saturated heterocycles.